The molecule has 0 unspecified atom stereocenters. The Labute approximate surface area is 127 Å². The van der Waals surface area contributed by atoms with Crippen LogP contribution in [0.1, 0.15) is 29.8 Å². The summed E-state index contributed by atoms with van der Waals surface area (Å²) in [4.78, 5) is 13.0. The monoisotopic (exact) mass is 300 g/mol. The van der Waals surface area contributed by atoms with E-state index in [0.29, 0.717) is 0 Å². The summed E-state index contributed by atoms with van der Waals surface area (Å²) >= 11 is 1.65. The number of carbonyl (C=O) groups is 1. The standard InChI is InChI=1S/C16H16N2O2S/c1-11(19)18-15(12-5-7-13(20-2)8-6-12)10-14(17-18)16-4-3-9-21-16/h3-9,15H,10H2,1-2H3/t15-/m0/s1. The number of benzene rings is 1. The van der Waals surface area contributed by atoms with Gasteiger partial charge in [0.15, 0.2) is 0 Å². The van der Waals surface area contributed by atoms with Gasteiger partial charge in [-0.2, -0.15) is 5.10 Å². The molecule has 0 radical (unpaired) electrons. The van der Waals surface area contributed by atoms with E-state index in [1.54, 1.807) is 30.4 Å². The number of methoxy groups -OCH3 is 1. The topological polar surface area (TPSA) is 41.9 Å². The van der Waals surface area contributed by atoms with Gasteiger partial charge in [-0.1, -0.05) is 18.2 Å². The normalized spacial score (nSPS) is 17.7. The Morgan fingerprint density at radius 1 is 1.33 bits per heavy atom. The van der Waals surface area contributed by atoms with Crippen LogP contribution in [0.5, 0.6) is 5.75 Å². The van der Waals surface area contributed by atoms with Crippen LogP contribution in [0.15, 0.2) is 46.9 Å². The number of carbonyl (C=O) groups excluding carboxylic acids is 1. The summed E-state index contributed by atoms with van der Waals surface area (Å²) in [6.45, 7) is 1.55. The predicted octanol–water partition coefficient (Wildman–Crippen LogP) is 3.45. The van der Waals surface area contributed by atoms with E-state index in [-0.39, 0.29) is 11.9 Å². The lowest BCUT2D eigenvalue weighted by Crippen LogP contribution is -2.24. The number of nitrogens with zero attached hydrogens (tertiary/aromatic N) is 2. The molecule has 0 spiro atoms. The zero-order valence-electron chi connectivity index (χ0n) is 11.9. The van der Waals surface area contributed by atoms with Crippen LogP contribution in [-0.2, 0) is 4.79 Å². The molecule has 5 heteroatoms. The predicted molar refractivity (Wildman–Crippen MR) is 83.7 cm³/mol. The number of hydrogen-bond acceptors (Lipinski definition) is 4. The van der Waals surface area contributed by atoms with Gasteiger partial charge in [-0.25, -0.2) is 5.01 Å². The number of amides is 1. The number of hydrazone groups is 1. The number of thiophene rings is 1. The van der Waals surface area contributed by atoms with Gasteiger partial charge in [0.25, 0.3) is 0 Å². The van der Waals surface area contributed by atoms with Gasteiger partial charge >= 0.3 is 0 Å². The summed E-state index contributed by atoms with van der Waals surface area (Å²) in [5.41, 5.74) is 2.04. The maximum Gasteiger partial charge on any atom is 0.240 e. The van der Waals surface area contributed by atoms with Crippen molar-refractivity contribution in [2.75, 3.05) is 7.11 Å². The smallest absolute Gasteiger partial charge is 0.240 e. The number of rotatable bonds is 3. The molecule has 0 bridgehead atoms. The van der Waals surface area contributed by atoms with Crippen molar-refractivity contribution >= 4 is 23.0 Å². The lowest BCUT2D eigenvalue weighted by molar-refractivity contribution is -0.130. The second-order valence-corrected chi connectivity index (χ2v) is 5.83. The quantitative estimate of drug-likeness (QED) is 0.871. The van der Waals surface area contributed by atoms with Gasteiger partial charge in [-0.3, -0.25) is 4.79 Å². The van der Waals surface area contributed by atoms with Crippen molar-refractivity contribution in [2.24, 2.45) is 5.10 Å². The van der Waals surface area contributed by atoms with Gasteiger partial charge in [-0.05, 0) is 29.1 Å². The Hall–Kier alpha value is -2.14. The summed E-state index contributed by atoms with van der Waals surface area (Å²) in [7, 11) is 1.64. The third-order valence-electron chi connectivity index (χ3n) is 3.54. The van der Waals surface area contributed by atoms with Crippen molar-refractivity contribution in [3.63, 3.8) is 0 Å². The van der Waals surface area contributed by atoms with Gasteiger partial charge in [0.1, 0.15) is 5.75 Å². The number of hydrogen-bond donors (Lipinski definition) is 0. The molecular formula is C16H16N2O2S. The van der Waals surface area contributed by atoms with Gasteiger partial charge in [0.2, 0.25) is 5.91 Å². The lowest BCUT2D eigenvalue weighted by atomic mass is 10.0. The largest absolute Gasteiger partial charge is 0.497 e. The van der Waals surface area contributed by atoms with E-state index in [1.165, 1.54) is 0 Å². The van der Waals surface area contributed by atoms with Gasteiger partial charge in [-0.15, -0.1) is 11.3 Å². The van der Waals surface area contributed by atoms with Crippen molar-refractivity contribution in [1.29, 1.82) is 0 Å². The molecule has 2 aromatic rings. The highest BCUT2D eigenvalue weighted by Crippen LogP contribution is 2.34. The molecule has 0 fully saturated rings. The van der Waals surface area contributed by atoms with Crippen LogP contribution >= 0.6 is 11.3 Å². The minimum absolute atomic E-state index is 0.0366. The second kappa shape index (κ2) is 5.69. The second-order valence-electron chi connectivity index (χ2n) is 4.88. The van der Waals surface area contributed by atoms with Gasteiger partial charge in [0.05, 0.1) is 23.7 Å². The molecule has 0 saturated heterocycles. The maximum atomic E-state index is 11.9. The van der Waals surface area contributed by atoms with E-state index in [9.17, 15) is 4.79 Å². The van der Waals surface area contributed by atoms with Crippen molar-refractivity contribution < 1.29 is 9.53 Å². The molecule has 2 heterocycles. The summed E-state index contributed by atoms with van der Waals surface area (Å²) in [5.74, 6) is 0.771. The minimum atomic E-state index is -0.0395. The molecule has 1 aromatic heterocycles. The average molecular weight is 300 g/mol. The first-order valence-electron chi connectivity index (χ1n) is 6.74. The highest BCUT2D eigenvalue weighted by molar-refractivity contribution is 7.12. The Morgan fingerprint density at radius 3 is 2.67 bits per heavy atom. The maximum absolute atomic E-state index is 11.9. The van der Waals surface area contributed by atoms with E-state index in [1.807, 2.05) is 41.8 Å². The molecule has 21 heavy (non-hydrogen) atoms. The van der Waals surface area contributed by atoms with Crippen molar-refractivity contribution in [1.82, 2.24) is 5.01 Å². The highest BCUT2D eigenvalue weighted by Gasteiger charge is 2.31. The van der Waals surface area contributed by atoms with Crippen molar-refractivity contribution in [3.05, 3.63) is 52.2 Å². The molecule has 108 valence electrons. The van der Waals surface area contributed by atoms with Crippen LogP contribution in [0, 0.1) is 0 Å². The minimum Gasteiger partial charge on any atom is -0.497 e. The fourth-order valence-corrected chi connectivity index (χ4v) is 3.20. The van der Waals surface area contributed by atoms with E-state index in [2.05, 4.69) is 5.10 Å². The van der Waals surface area contributed by atoms with Gasteiger partial charge < -0.3 is 4.74 Å². The first-order valence-corrected chi connectivity index (χ1v) is 7.62. The summed E-state index contributed by atoms with van der Waals surface area (Å²) in [6.07, 6.45) is 0.742. The van der Waals surface area contributed by atoms with E-state index in [0.717, 1.165) is 28.3 Å². The lowest BCUT2D eigenvalue weighted by Gasteiger charge is -2.20. The Bertz CT molecular complexity index is 662. The fraction of sp³-hybridized carbons (Fsp3) is 0.250. The van der Waals surface area contributed by atoms with Crippen LogP contribution < -0.4 is 4.74 Å². The first-order chi connectivity index (χ1) is 10.2. The zero-order chi connectivity index (χ0) is 14.8. The summed E-state index contributed by atoms with van der Waals surface area (Å²) in [5, 5.41) is 8.11. The SMILES string of the molecule is COc1ccc([C@@H]2CC(c3cccs3)=NN2C(C)=O)cc1. The molecule has 0 aliphatic carbocycles. The molecule has 1 aromatic carbocycles. The van der Waals surface area contributed by atoms with Crippen LogP contribution in [0.3, 0.4) is 0 Å². The van der Waals surface area contributed by atoms with E-state index < -0.39 is 0 Å². The molecule has 1 atom stereocenters. The third kappa shape index (κ3) is 2.69. The average Bonchev–Trinajstić information content (AvgIpc) is 3.16. The molecular weight excluding hydrogens is 284 g/mol. The Kier molecular flexibility index (Phi) is 3.75. The molecule has 1 aliphatic rings. The summed E-state index contributed by atoms with van der Waals surface area (Å²) < 4.78 is 5.18. The van der Waals surface area contributed by atoms with Crippen LogP contribution in [0.2, 0.25) is 0 Å². The van der Waals surface area contributed by atoms with Crippen LogP contribution in [0.25, 0.3) is 0 Å². The van der Waals surface area contributed by atoms with E-state index in [4.69, 9.17) is 4.74 Å². The molecule has 1 aliphatic heterocycles. The molecule has 1 amide bonds. The van der Waals surface area contributed by atoms with E-state index >= 15 is 0 Å². The molecule has 3 rings (SSSR count). The zero-order valence-corrected chi connectivity index (χ0v) is 12.8. The highest BCUT2D eigenvalue weighted by atomic mass is 32.1. The van der Waals surface area contributed by atoms with Gasteiger partial charge in [0, 0.05) is 13.3 Å². The van der Waals surface area contributed by atoms with Crippen LogP contribution in [-0.4, -0.2) is 23.7 Å². The number of ether oxygens (including phenoxy) is 1. The third-order valence-corrected chi connectivity index (χ3v) is 4.46. The Balaban J connectivity index is 1.90. The van der Waals surface area contributed by atoms with Crippen LogP contribution in [0.4, 0.5) is 0 Å². The molecule has 0 N–H and O–H groups in total. The Morgan fingerprint density at radius 2 is 2.10 bits per heavy atom. The first kappa shape index (κ1) is 13.8. The fourth-order valence-electron chi connectivity index (χ4n) is 2.48. The molecule has 0 saturated carbocycles. The van der Waals surface area contributed by atoms with Crippen molar-refractivity contribution in [3.8, 4) is 5.75 Å². The van der Waals surface area contributed by atoms with Crippen molar-refractivity contribution in [2.45, 2.75) is 19.4 Å². The summed E-state index contributed by atoms with van der Waals surface area (Å²) in [6, 6.07) is 11.8. The molecule has 4 nitrogen and oxygen atoms in total.